The fraction of sp³-hybridized carbons (Fsp3) is 0.385. The third-order valence-electron chi connectivity index (χ3n) is 6.26. The Hall–Kier alpha value is -3.38. The molecule has 1 saturated heterocycles. The number of benzene rings is 1. The van der Waals surface area contributed by atoms with Gasteiger partial charge >= 0.3 is 0 Å². The van der Waals surface area contributed by atoms with Crippen molar-refractivity contribution in [2.24, 2.45) is 0 Å². The molecule has 1 fully saturated rings. The second-order valence-electron chi connectivity index (χ2n) is 8.85. The first-order chi connectivity index (χ1) is 19.0. The lowest BCUT2D eigenvalue weighted by Gasteiger charge is -2.20. The van der Waals surface area contributed by atoms with E-state index in [1.54, 1.807) is 25.6 Å². The Morgan fingerprint density at radius 3 is 2.59 bits per heavy atom. The standard InChI is InChI=1S/C26H28Cl2N7O4/c1-36-7-5-35-13-15(11-31-35)10-29-25-24-16(12-30-26(34-24)32-17-4-6-39-14-17)8-18(33-25)21-22(27)19(37-2)9-20(38-3)23(21)28/h8-9,11-13,17H,4-7,10,14H2,1-3H3,(H-,29,30,32,33,34)/q-1. The van der Waals surface area contributed by atoms with Gasteiger partial charge in [0.05, 0.1) is 55.9 Å². The first-order valence-corrected chi connectivity index (χ1v) is 13.1. The molecule has 0 aliphatic carbocycles. The van der Waals surface area contributed by atoms with Crippen LogP contribution in [0.3, 0.4) is 0 Å². The summed E-state index contributed by atoms with van der Waals surface area (Å²) in [5.74, 6) is 1.72. The first-order valence-electron chi connectivity index (χ1n) is 12.3. The van der Waals surface area contributed by atoms with Gasteiger partial charge in [-0.25, -0.2) is 4.98 Å². The molecule has 1 aromatic carbocycles. The van der Waals surface area contributed by atoms with Gasteiger partial charge in [-0.3, -0.25) is 4.68 Å². The summed E-state index contributed by atoms with van der Waals surface area (Å²) in [7, 11) is 4.72. The van der Waals surface area contributed by atoms with E-state index in [9.17, 15) is 0 Å². The zero-order valence-electron chi connectivity index (χ0n) is 21.8. The topological polar surface area (TPSA) is 120 Å². The second kappa shape index (κ2) is 12.2. The fourth-order valence-corrected chi connectivity index (χ4v) is 4.93. The summed E-state index contributed by atoms with van der Waals surface area (Å²) in [5.41, 5.74) is 2.56. The molecule has 0 spiro atoms. The van der Waals surface area contributed by atoms with Crippen molar-refractivity contribution in [2.75, 3.05) is 46.5 Å². The van der Waals surface area contributed by atoms with E-state index in [0.717, 1.165) is 17.4 Å². The Kier molecular flexibility index (Phi) is 8.51. The van der Waals surface area contributed by atoms with E-state index in [1.807, 2.05) is 16.9 Å². The van der Waals surface area contributed by atoms with Crippen LogP contribution in [0, 0.1) is 0 Å². The van der Waals surface area contributed by atoms with E-state index in [4.69, 9.17) is 52.1 Å². The molecule has 13 heteroatoms. The number of hydrogen-bond donors (Lipinski definition) is 1. The Morgan fingerprint density at radius 1 is 1.10 bits per heavy atom. The minimum absolute atomic E-state index is 0.0332. The van der Waals surface area contributed by atoms with E-state index in [2.05, 4.69) is 20.7 Å². The molecule has 3 aromatic heterocycles. The van der Waals surface area contributed by atoms with Crippen molar-refractivity contribution in [3.05, 3.63) is 51.6 Å². The summed E-state index contributed by atoms with van der Waals surface area (Å²) >= 11 is 13.4. The highest BCUT2D eigenvalue weighted by molar-refractivity contribution is 6.41. The van der Waals surface area contributed by atoms with E-state index in [1.165, 1.54) is 14.2 Å². The van der Waals surface area contributed by atoms with Crippen molar-refractivity contribution in [1.29, 1.82) is 0 Å². The molecule has 11 nitrogen and oxygen atoms in total. The molecule has 39 heavy (non-hydrogen) atoms. The lowest BCUT2D eigenvalue weighted by atomic mass is 10.1. The zero-order valence-corrected chi connectivity index (χ0v) is 23.3. The zero-order chi connectivity index (χ0) is 27.4. The molecule has 4 aromatic rings. The Balaban J connectivity index is 1.56. The molecule has 206 valence electrons. The third-order valence-corrected chi connectivity index (χ3v) is 7.01. The van der Waals surface area contributed by atoms with Gasteiger partial charge in [0.25, 0.3) is 0 Å². The van der Waals surface area contributed by atoms with Crippen molar-refractivity contribution in [1.82, 2.24) is 24.7 Å². The van der Waals surface area contributed by atoms with Crippen LogP contribution in [0.2, 0.25) is 10.0 Å². The minimum Gasteiger partial charge on any atom is -0.495 e. The quantitative estimate of drug-likeness (QED) is 0.256. The number of pyridine rings is 1. The average Bonchev–Trinajstić information content (AvgIpc) is 3.63. The summed E-state index contributed by atoms with van der Waals surface area (Å²) in [6.07, 6.45) is 6.31. The molecule has 1 N–H and O–H groups in total. The predicted octanol–water partition coefficient (Wildman–Crippen LogP) is 5.26. The van der Waals surface area contributed by atoms with Gasteiger partial charge in [0, 0.05) is 61.2 Å². The van der Waals surface area contributed by atoms with Crippen molar-refractivity contribution < 1.29 is 18.9 Å². The molecule has 0 bridgehead atoms. The molecular weight excluding hydrogens is 545 g/mol. The second-order valence-corrected chi connectivity index (χ2v) is 9.61. The van der Waals surface area contributed by atoms with Gasteiger partial charge in [0.1, 0.15) is 17.3 Å². The van der Waals surface area contributed by atoms with Gasteiger partial charge < -0.3 is 39.5 Å². The number of ether oxygens (including phenoxy) is 4. The van der Waals surface area contributed by atoms with Crippen LogP contribution in [-0.4, -0.2) is 71.9 Å². The van der Waals surface area contributed by atoms with Crippen LogP contribution in [-0.2, 0) is 22.6 Å². The van der Waals surface area contributed by atoms with E-state index < -0.39 is 0 Å². The number of nitrogens with one attached hydrogen (secondary N) is 1. The highest BCUT2D eigenvalue weighted by atomic mass is 35.5. The van der Waals surface area contributed by atoms with Crippen LogP contribution in [0.25, 0.3) is 27.5 Å². The molecule has 1 atom stereocenters. The number of nitrogens with zero attached hydrogens (tertiary/aromatic N) is 6. The van der Waals surface area contributed by atoms with Crippen LogP contribution in [0.1, 0.15) is 12.0 Å². The molecule has 0 saturated carbocycles. The lowest BCUT2D eigenvalue weighted by Crippen LogP contribution is -2.07. The van der Waals surface area contributed by atoms with Crippen molar-refractivity contribution in [3.63, 3.8) is 0 Å². The maximum Gasteiger partial charge on any atom is 0.141 e. The van der Waals surface area contributed by atoms with E-state index >= 15 is 0 Å². The number of fused-ring (bicyclic) bond motifs is 1. The average molecular weight is 573 g/mol. The number of hydrogen-bond acceptors (Lipinski definition) is 9. The smallest absolute Gasteiger partial charge is 0.141 e. The number of rotatable bonds is 11. The molecule has 5 rings (SSSR count). The van der Waals surface area contributed by atoms with Gasteiger partial charge in [0.15, 0.2) is 0 Å². The Labute approximate surface area is 235 Å². The van der Waals surface area contributed by atoms with Gasteiger partial charge in [-0.1, -0.05) is 23.2 Å². The van der Waals surface area contributed by atoms with Crippen LogP contribution in [0.5, 0.6) is 11.5 Å². The summed E-state index contributed by atoms with van der Waals surface area (Å²) in [5, 5.41) is 13.8. The van der Waals surface area contributed by atoms with Crippen molar-refractivity contribution >= 4 is 45.9 Å². The fourth-order valence-electron chi connectivity index (χ4n) is 4.23. The summed E-state index contributed by atoms with van der Waals surface area (Å²) in [6, 6.07) is 3.50. The number of anilines is 1. The van der Waals surface area contributed by atoms with E-state index in [0.29, 0.717) is 83.0 Å². The summed E-state index contributed by atoms with van der Waals surface area (Å²) in [4.78, 5) is 14.1. The molecular formula is C26H28Cl2N7O4-. The number of methoxy groups -OCH3 is 3. The summed E-state index contributed by atoms with van der Waals surface area (Å²) < 4.78 is 23.3. The molecule has 0 radical (unpaired) electrons. The molecule has 1 unspecified atom stereocenters. The van der Waals surface area contributed by atoms with Crippen LogP contribution in [0.15, 0.2) is 30.7 Å². The summed E-state index contributed by atoms with van der Waals surface area (Å²) in [6.45, 7) is 2.93. The van der Waals surface area contributed by atoms with Gasteiger partial charge in [-0.2, -0.15) is 5.10 Å². The lowest BCUT2D eigenvalue weighted by molar-refractivity contribution is 0.183. The van der Waals surface area contributed by atoms with Crippen molar-refractivity contribution in [3.8, 4) is 22.8 Å². The van der Waals surface area contributed by atoms with Gasteiger partial charge in [-0.15, -0.1) is 0 Å². The highest BCUT2D eigenvalue weighted by Gasteiger charge is 2.21. The number of aromatic nitrogens is 5. The predicted molar refractivity (Wildman–Crippen MR) is 150 cm³/mol. The largest absolute Gasteiger partial charge is 0.495 e. The minimum atomic E-state index is 0.0332. The van der Waals surface area contributed by atoms with Gasteiger partial charge in [0.2, 0.25) is 0 Å². The number of halogens is 2. The van der Waals surface area contributed by atoms with Crippen LogP contribution in [0.4, 0.5) is 11.8 Å². The van der Waals surface area contributed by atoms with Crippen LogP contribution >= 0.6 is 23.2 Å². The Morgan fingerprint density at radius 2 is 1.90 bits per heavy atom. The third kappa shape index (κ3) is 5.96. The molecule has 0 amide bonds. The maximum atomic E-state index is 6.71. The monoisotopic (exact) mass is 572 g/mol. The first kappa shape index (κ1) is 27.2. The highest BCUT2D eigenvalue weighted by Crippen LogP contribution is 2.46. The van der Waals surface area contributed by atoms with Gasteiger partial charge in [-0.05, 0) is 24.1 Å². The SMILES string of the molecule is COCCn1cc(CNc2nc(-c3c(Cl)c(OC)cc(OC)c3Cl)cc3cnc([N-]C4CCOC4)nc23)cn1. The molecule has 4 heterocycles. The Bertz CT molecular complexity index is 1430. The van der Waals surface area contributed by atoms with E-state index in [-0.39, 0.29) is 6.04 Å². The van der Waals surface area contributed by atoms with Crippen molar-refractivity contribution in [2.45, 2.75) is 25.6 Å². The molecule has 1 aliphatic rings. The molecule has 1 aliphatic heterocycles. The normalized spacial score (nSPS) is 15.1. The maximum absolute atomic E-state index is 6.71. The van der Waals surface area contributed by atoms with Crippen LogP contribution < -0.4 is 14.8 Å².